The molecule has 2 N–H and O–H groups in total. The topological polar surface area (TPSA) is 122 Å². The van der Waals surface area contributed by atoms with Crippen LogP contribution in [0.5, 0.6) is 28.7 Å². The van der Waals surface area contributed by atoms with E-state index in [4.69, 9.17) is 23.7 Å². The van der Waals surface area contributed by atoms with Gasteiger partial charge in [0.25, 0.3) is 0 Å². The molecular weight excluding hydrogens is 396 g/mol. The van der Waals surface area contributed by atoms with Crippen LogP contribution in [0.4, 0.5) is 11.4 Å². The molecule has 0 spiro atoms. The molecule has 1 aliphatic heterocycles. The molecular formula is C20H23N2O8-. The third-order valence-corrected chi connectivity index (χ3v) is 4.81. The lowest BCUT2D eigenvalue weighted by Gasteiger charge is -2.29. The van der Waals surface area contributed by atoms with Gasteiger partial charge in [0.15, 0.2) is 28.8 Å². The molecule has 10 nitrogen and oxygen atoms in total. The number of rotatable bonds is 8. The van der Waals surface area contributed by atoms with E-state index in [1.54, 1.807) is 12.1 Å². The smallest absolute Gasteiger partial charge is 0.204 e. The quantitative estimate of drug-likeness (QED) is 0.618. The van der Waals surface area contributed by atoms with Crippen LogP contribution >= 0.6 is 0 Å². The molecule has 1 heterocycles. The first-order valence-electron chi connectivity index (χ1n) is 9.03. The molecule has 0 radical (unpaired) electrons. The van der Waals surface area contributed by atoms with Crippen molar-refractivity contribution in [1.82, 2.24) is 0 Å². The second-order valence-corrected chi connectivity index (χ2v) is 6.43. The van der Waals surface area contributed by atoms with E-state index in [0.717, 1.165) is 0 Å². The van der Waals surface area contributed by atoms with E-state index in [9.17, 15) is 15.2 Å². The molecule has 0 fully saturated rings. The molecule has 162 valence electrons. The summed E-state index contributed by atoms with van der Waals surface area (Å²) >= 11 is 0. The number of Topliss-reactive ketones (excluding diaryl/α,β-unsaturated/α-hetero) is 1. The van der Waals surface area contributed by atoms with Crippen LogP contribution in [0.25, 0.3) is 0 Å². The van der Waals surface area contributed by atoms with Crippen molar-refractivity contribution < 1.29 is 33.7 Å². The Morgan fingerprint density at radius 3 is 2.37 bits per heavy atom. The number of carbonyl (C=O) groups is 1. The van der Waals surface area contributed by atoms with E-state index in [1.165, 1.54) is 40.6 Å². The second-order valence-electron chi connectivity index (χ2n) is 6.43. The number of methoxy groups -OCH3 is 4. The van der Waals surface area contributed by atoms with Gasteiger partial charge in [-0.05, 0) is 12.1 Å². The fourth-order valence-electron chi connectivity index (χ4n) is 3.27. The van der Waals surface area contributed by atoms with Crippen molar-refractivity contribution >= 4 is 17.2 Å². The molecule has 1 unspecified atom stereocenters. The highest BCUT2D eigenvalue weighted by Crippen LogP contribution is 2.43. The first-order valence-corrected chi connectivity index (χ1v) is 9.03. The normalized spacial score (nSPS) is 15.0. The van der Waals surface area contributed by atoms with E-state index in [-0.39, 0.29) is 41.3 Å². The summed E-state index contributed by atoms with van der Waals surface area (Å²) in [6.45, 7) is 0.258. The largest absolute Gasteiger partial charge is 0.733 e. The summed E-state index contributed by atoms with van der Waals surface area (Å²) < 4.78 is 26.7. The summed E-state index contributed by atoms with van der Waals surface area (Å²) in [5, 5.41) is 23.7. The molecule has 3 rings (SSSR count). The minimum absolute atomic E-state index is 0.0800. The highest BCUT2D eigenvalue weighted by molar-refractivity contribution is 6.02. The fourth-order valence-corrected chi connectivity index (χ4v) is 3.27. The van der Waals surface area contributed by atoms with Gasteiger partial charge in [-0.25, -0.2) is 0 Å². The van der Waals surface area contributed by atoms with Crippen LogP contribution in [0.3, 0.4) is 0 Å². The van der Waals surface area contributed by atoms with Crippen LogP contribution in [0.15, 0.2) is 24.3 Å². The van der Waals surface area contributed by atoms with Crippen molar-refractivity contribution in [2.24, 2.45) is 5.92 Å². The number of carbonyl (C=O) groups excluding carboxylic acids is 1. The van der Waals surface area contributed by atoms with E-state index in [0.29, 0.717) is 28.6 Å². The van der Waals surface area contributed by atoms with Crippen LogP contribution in [0, 0.1) is 11.1 Å². The lowest BCUT2D eigenvalue weighted by Crippen LogP contribution is -2.33. The molecule has 0 aromatic heterocycles. The predicted octanol–water partition coefficient (Wildman–Crippen LogP) is 2.72. The maximum Gasteiger partial charge on any atom is 0.204 e. The molecule has 30 heavy (non-hydrogen) atoms. The Kier molecular flexibility index (Phi) is 6.38. The van der Waals surface area contributed by atoms with Crippen LogP contribution in [0.2, 0.25) is 0 Å². The first kappa shape index (κ1) is 21.3. The Morgan fingerprint density at radius 2 is 1.77 bits per heavy atom. The van der Waals surface area contributed by atoms with Gasteiger partial charge in [0.1, 0.15) is 6.61 Å². The lowest BCUT2D eigenvalue weighted by molar-refractivity contribution is 0.0838. The number of hydrogen-bond donors (Lipinski definition) is 2. The standard InChI is InChI=1S/C20H23N2O8/c1-26-15-6-5-12-18(23)11(10-30-19(12)20(15)29-4)9-21-13-7-16(27-2)17(28-3)8-14(13)22(24)25/h5-8,11,21,24H,9-10H2,1-4H3/q-1. The zero-order chi connectivity index (χ0) is 21.8. The summed E-state index contributed by atoms with van der Waals surface area (Å²) in [7, 11) is 5.84. The molecule has 0 amide bonds. The molecule has 1 atom stereocenters. The number of anilines is 2. The number of nitrogens with one attached hydrogen (secondary N) is 1. The Bertz CT molecular complexity index is 932. The third-order valence-electron chi connectivity index (χ3n) is 4.81. The van der Waals surface area contributed by atoms with Gasteiger partial charge >= 0.3 is 0 Å². The summed E-state index contributed by atoms with van der Waals surface area (Å²) in [5.41, 5.74) is 0.575. The minimum atomic E-state index is -0.532. The van der Waals surface area contributed by atoms with Gasteiger partial charge in [-0.2, -0.15) is 0 Å². The first-order chi connectivity index (χ1) is 14.4. The zero-order valence-electron chi connectivity index (χ0n) is 17.1. The van der Waals surface area contributed by atoms with Gasteiger partial charge < -0.3 is 39.4 Å². The lowest BCUT2D eigenvalue weighted by atomic mass is 9.94. The SMILES string of the molecule is COc1cc(NCC2COc3c(ccc(OC)c3OC)C2=O)c(N([O-])O)cc1OC. The van der Waals surface area contributed by atoms with Crippen molar-refractivity contribution in [3.8, 4) is 28.7 Å². The minimum Gasteiger partial charge on any atom is -0.733 e. The second kappa shape index (κ2) is 8.97. The van der Waals surface area contributed by atoms with Gasteiger partial charge in [-0.3, -0.25) is 10.0 Å². The van der Waals surface area contributed by atoms with Gasteiger partial charge in [0, 0.05) is 18.7 Å². The summed E-state index contributed by atoms with van der Waals surface area (Å²) in [5.74, 6) is 1.13. The van der Waals surface area contributed by atoms with Crippen molar-refractivity contribution in [3.63, 3.8) is 0 Å². The van der Waals surface area contributed by atoms with Gasteiger partial charge in [0.2, 0.25) is 5.75 Å². The Labute approximate surface area is 173 Å². The molecule has 2 aromatic rings. The number of hydrogen-bond acceptors (Lipinski definition) is 10. The average molecular weight is 419 g/mol. The van der Waals surface area contributed by atoms with Crippen LogP contribution in [-0.2, 0) is 0 Å². The number of ether oxygens (including phenoxy) is 5. The monoisotopic (exact) mass is 419 g/mol. The molecule has 0 aliphatic carbocycles. The number of fused-ring (bicyclic) bond motifs is 1. The highest BCUT2D eigenvalue weighted by atomic mass is 16.8. The van der Waals surface area contributed by atoms with Crippen LogP contribution in [-0.4, -0.2) is 52.6 Å². The number of ketones is 1. The van der Waals surface area contributed by atoms with Crippen LogP contribution < -0.4 is 34.2 Å². The van der Waals surface area contributed by atoms with Crippen molar-refractivity contribution in [1.29, 1.82) is 0 Å². The van der Waals surface area contributed by atoms with Gasteiger partial charge in [0.05, 0.1) is 51.3 Å². The van der Waals surface area contributed by atoms with Crippen molar-refractivity contribution in [3.05, 3.63) is 35.0 Å². The maximum absolute atomic E-state index is 13.0. The van der Waals surface area contributed by atoms with Crippen molar-refractivity contribution in [2.75, 3.05) is 52.1 Å². The van der Waals surface area contributed by atoms with Gasteiger partial charge in [-0.1, -0.05) is 0 Å². The van der Waals surface area contributed by atoms with Crippen molar-refractivity contribution in [2.45, 2.75) is 0 Å². The zero-order valence-corrected chi connectivity index (χ0v) is 17.1. The molecule has 2 aromatic carbocycles. The van der Waals surface area contributed by atoms with E-state index >= 15 is 0 Å². The highest BCUT2D eigenvalue weighted by Gasteiger charge is 2.32. The summed E-state index contributed by atoms with van der Waals surface area (Å²) in [6.07, 6.45) is 0. The molecule has 0 saturated carbocycles. The summed E-state index contributed by atoms with van der Waals surface area (Å²) in [4.78, 5) is 13.0. The number of benzene rings is 2. The van der Waals surface area contributed by atoms with Crippen LogP contribution in [0.1, 0.15) is 10.4 Å². The number of nitrogens with zero attached hydrogens (tertiary/aromatic N) is 1. The molecule has 1 aliphatic rings. The Morgan fingerprint density at radius 1 is 1.10 bits per heavy atom. The fraction of sp³-hybridized carbons (Fsp3) is 0.350. The van der Waals surface area contributed by atoms with E-state index in [1.807, 2.05) is 0 Å². The van der Waals surface area contributed by atoms with E-state index in [2.05, 4.69) is 5.32 Å². The Balaban J connectivity index is 1.83. The molecule has 0 bridgehead atoms. The Hall–Kier alpha value is -3.37. The maximum atomic E-state index is 13.0. The average Bonchev–Trinajstić information content (AvgIpc) is 2.76. The van der Waals surface area contributed by atoms with Gasteiger partial charge in [-0.15, -0.1) is 0 Å². The third kappa shape index (κ3) is 3.87. The molecule has 0 saturated heterocycles. The molecule has 10 heteroatoms. The van der Waals surface area contributed by atoms with E-state index < -0.39 is 5.92 Å². The summed E-state index contributed by atoms with van der Waals surface area (Å²) in [6, 6.07) is 6.10. The predicted molar refractivity (Wildman–Crippen MR) is 109 cm³/mol.